The first-order valence-corrected chi connectivity index (χ1v) is 11.3. The van der Waals surface area contributed by atoms with Gasteiger partial charge in [-0.1, -0.05) is 30.0 Å². The van der Waals surface area contributed by atoms with Gasteiger partial charge in [-0.15, -0.1) is 0 Å². The Hall–Kier alpha value is -0.333. The van der Waals surface area contributed by atoms with Gasteiger partial charge in [0, 0.05) is 4.90 Å². The molecule has 5 heteroatoms. The standard InChI is InChI=1S/C15H24O3SSi/c1-15(2)16-11-13(17-15)14(18-20(3,4)5)19-12-9-7-6-8-10-12/h6-10,13-14H,11H2,1-5H3/t13-,14?/m0/s1. The Morgan fingerprint density at radius 2 is 1.90 bits per heavy atom. The number of thioether (sulfide) groups is 1. The van der Waals surface area contributed by atoms with Crippen LogP contribution < -0.4 is 0 Å². The van der Waals surface area contributed by atoms with E-state index < -0.39 is 14.1 Å². The van der Waals surface area contributed by atoms with E-state index in [1.807, 2.05) is 32.0 Å². The first-order valence-electron chi connectivity index (χ1n) is 6.96. The molecule has 0 amide bonds. The van der Waals surface area contributed by atoms with Crippen LogP contribution in [0.25, 0.3) is 0 Å². The summed E-state index contributed by atoms with van der Waals surface area (Å²) in [5.74, 6) is -0.511. The maximum atomic E-state index is 6.32. The summed E-state index contributed by atoms with van der Waals surface area (Å²) in [6, 6.07) is 10.3. The molecule has 1 fully saturated rings. The molecule has 0 radical (unpaired) electrons. The van der Waals surface area contributed by atoms with Crippen LogP contribution in [-0.4, -0.2) is 32.3 Å². The van der Waals surface area contributed by atoms with E-state index in [0.29, 0.717) is 6.61 Å². The number of hydrogen-bond donors (Lipinski definition) is 0. The third kappa shape index (κ3) is 4.89. The molecule has 3 nitrogen and oxygen atoms in total. The quantitative estimate of drug-likeness (QED) is 0.464. The minimum Gasteiger partial charge on any atom is -0.403 e. The largest absolute Gasteiger partial charge is 0.403 e. The average Bonchev–Trinajstić information content (AvgIpc) is 2.68. The second-order valence-electron chi connectivity index (χ2n) is 6.40. The molecule has 0 aromatic heterocycles. The van der Waals surface area contributed by atoms with Crippen LogP contribution in [0.3, 0.4) is 0 Å². The van der Waals surface area contributed by atoms with Gasteiger partial charge in [0.15, 0.2) is 14.1 Å². The Morgan fingerprint density at radius 3 is 2.40 bits per heavy atom. The lowest BCUT2D eigenvalue weighted by Gasteiger charge is -2.30. The van der Waals surface area contributed by atoms with Gasteiger partial charge in [0.1, 0.15) is 11.5 Å². The Labute approximate surface area is 127 Å². The maximum Gasteiger partial charge on any atom is 0.185 e. The minimum absolute atomic E-state index is 0.0224. The third-order valence-corrected chi connectivity index (χ3v) is 5.11. The molecule has 1 aromatic rings. The normalized spacial score (nSPS) is 23.8. The van der Waals surface area contributed by atoms with Crippen LogP contribution in [0.5, 0.6) is 0 Å². The first kappa shape index (κ1) is 16.0. The molecule has 0 spiro atoms. The van der Waals surface area contributed by atoms with E-state index in [4.69, 9.17) is 13.9 Å². The molecule has 1 aliphatic heterocycles. The SMILES string of the molecule is CC1(C)OC[C@@H](C(O[Si](C)(C)C)Sc2ccccc2)O1. The molecule has 0 aliphatic carbocycles. The number of hydrogen-bond acceptors (Lipinski definition) is 4. The van der Waals surface area contributed by atoms with Crippen molar-refractivity contribution >= 4 is 20.1 Å². The van der Waals surface area contributed by atoms with Gasteiger partial charge in [-0.25, -0.2) is 0 Å². The van der Waals surface area contributed by atoms with Gasteiger partial charge in [0.25, 0.3) is 0 Å². The lowest BCUT2D eigenvalue weighted by atomic mass is 10.4. The van der Waals surface area contributed by atoms with Crippen LogP contribution in [-0.2, 0) is 13.9 Å². The van der Waals surface area contributed by atoms with Gasteiger partial charge >= 0.3 is 0 Å². The van der Waals surface area contributed by atoms with E-state index in [1.165, 1.54) is 4.90 Å². The zero-order valence-electron chi connectivity index (χ0n) is 12.9. The van der Waals surface area contributed by atoms with Crippen LogP contribution in [0.2, 0.25) is 19.6 Å². The molecule has 112 valence electrons. The van der Waals surface area contributed by atoms with E-state index in [-0.39, 0.29) is 11.5 Å². The topological polar surface area (TPSA) is 27.7 Å². The van der Waals surface area contributed by atoms with Gasteiger partial charge in [-0.05, 0) is 45.6 Å². The maximum absolute atomic E-state index is 6.32. The molecular formula is C15H24O3SSi. The summed E-state index contributed by atoms with van der Waals surface area (Å²) in [5, 5.41) is 0. The molecular weight excluding hydrogens is 288 g/mol. The molecule has 0 bridgehead atoms. The zero-order valence-corrected chi connectivity index (χ0v) is 14.7. The third-order valence-electron chi connectivity index (χ3n) is 2.80. The smallest absolute Gasteiger partial charge is 0.185 e. The summed E-state index contributed by atoms with van der Waals surface area (Å²) in [4.78, 5) is 1.20. The Balaban J connectivity index is 2.09. The summed E-state index contributed by atoms with van der Waals surface area (Å²) in [6.07, 6.45) is -0.0260. The van der Waals surface area contributed by atoms with Crippen molar-refractivity contribution in [2.75, 3.05) is 6.61 Å². The fourth-order valence-electron chi connectivity index (χ4n) is 2.01. The van der Waals surface area contributed by atoms with E-state index >= 15 is 0 Å². The second kappa shape index (κ2) is 6.20. The summed E-state index contributed by atoms with van der Waals surface area (Å²) in [6.45, 7) is 11.1. The van der Waals surface area contributed by atoms with Gasteiger partial charge in [-0.2, -0.15) is 0 Å². The molecule has 0 saturated carbocycles. The minimum atomic E-state index is -1.64. The fraction of sp³-hybridized carbons (Fsp3) is 0.600. The highest BCUT2D eigenvalue weighted by molar-refractivity contribution is 7.99. The summed E-state index contributed by atoms with van der Waals surface area (Å²) in [5.41, 5.74) is -0.0224. The lowest BCUT2D eigenvalue weighted by molar-refractivity contribution is -0.143. The van der Waals surface area contributed by atoms with E-state index in [0.717, 1.165) is 0 Å². The van der Waals surface area contributed by atoms with Crippen LogP contribution in [0.15, 0.2) is 35.2 Å². The van der Waals surface area contributed by atoms with Crippen molar-refractivity contribution in [2.24, 2.45) is 0 Å². The Morgan fingerprint density at radius 1 is 1.25 bits per heavy atom. The molecule has 2 atom stereocenters. The van der Waals surface area contributed by atoms with Crippen molar-refractivity contribution in [1.29, 1.82) is 0 Å². The highest BCUT2D eigenvalue weighted by Gasteiger charge is 2.40. The Kier molecular flexibility index (Phi) is 4.97. The molecule has 1 aliphatic rings. The molecule has 1 heterocycles. The predicted octanol–water partition coefficient (Wildman–Crippen LogP) is 4.11. The number of rotatable bonds is 5. The molecule has 1 unspecified atom stereocenters. The van der Waals surface area contributed by atoms with Gasteiger partial charge < -0.3 is 13.9 Å². The van der Waals surface area contributed by atoms with Crippen molar-refractivity contribution in [1.82, 2.24) is 0 Å². The van der Waals surface area contributed by atoms with Crippen LogP contribution >= 0.6 is 11.8 Å². The monoisotopic (exact) mass is 312 g/mol. The van der Waals surface area contributed by atoms with Crippen LogP contribution in [0.1, 0.15) is 13.8 Å². The van der Waals surface area contributed by atoms with Gasteiger partial charge in [0.05, 0.1) is 6.61 Å². The molecule has 1 saturated heterocycles. The Bertz CT molecular complexity index is 430. The first-order chi connectivity index (χ1) is 9.25. The van der Waals surface area contributed by atoms with Crippen molar-refractivity contribution in [3.8, 4) is 0 Å². The van der Waals surface area contributed by atoms with Crippen LogP contribution in [0.4, 0.5) is 0 Å². The summed E-state index contributed by atoms with van der Waals surface area (Å²) in [7, 11) is -1.64. The van der Waals surface area contributed by atoms with E-state index in [2.05, 4.69) is 31.8 Å². The van der Waals surface area contributed by atoms with Gasteiger partial charge in [-0.3, -0.25) is 0 Å². The molecule has 20 heavy (non-hydrogen) atoms. The van der Waals surface area contributed by atoms with Crippen molar-refractivity contribution in [3.63, 3.8) is 0 Å². The number of ether oxygens (including phenoxy) is 2. The second-order valence-corrected chi connectivity index (χ2v) is 12.0. The van der Waals surface area contributed by atoms with Crippen molar-refractivity contribution in [3.05, 3.63) is 30.3 Å². The van der Waals surface area contributed by atoms with Crippen molar-refractivity contribution < 1.29 is 13.9 Å². The van der Waals surface area contributed by atoms with Crippen LogP contribution in [0, 0.1) is 0 Å². The predicted molar refractivity (Wildman–Crippen MR) is 85.4 cm³/mol. The van der Waals surface area contributed by atoms with Gasteiger partial charge in [0.2, 0.25) is 0 Å². The zero-order chi connectivity index (χ0) is 14.8. The van der Waals surface area contributed by atoms with E-state index in [1.54, 1.807) is 11.8 Å². The molecule has 0 N–H and O–H groups in total. The van der Waals surface area contributed by atoms with Crippen molar-refractivity contribution in [2.45, 2.75) is 55.7 Å². The molecule has 1 aromatic carbocycles. The lowest BCUT2D eigenvalue weighted by Crippen LogP contribution is -2.38. The number of benzene rings is 1. The fourth-order valence-corrected chi connectivity index (χ4v) is 4.78. The average molecular weight is 313 g/mol. The summed E-state index contributed by atoms with van der Waals surface area (Å²) >= 11 is 1.72. The molecule has 2 rings (SSSR count). The summed E-state index contributed by atoms with van der Waals surface area (Å²) < 4.78 is 18.0. The van der Waals surface area contributed by atoms with E-state index in [9.17, 15) is 0 Å². The highest BCUT2D eigenvalue weighted by Crippen LogP contribution is 2.35. The highest BCUT2D eigenvalue weighted by atomic mass is 32.2.